The van der Waals surface area contributed by atoms with Gasteiger partial charge in [-0.15, -0.1) is 0 Å². The molecule has 3 aromatic heterocycles. The summed E-state index contributed by atoms with van der Waals surface area (Å²) in [6.07, 6.45) is 7.38. The highest BCUT2D eigenvalue weighted by atomic mass is 32.2. The summed E-state index contributed by atoms with van der Waals surface area (Å²) in [5.74, 6) is 1.63. The van der Waals surface area contributed by atoms with Crippen LogP contribution < -0.4 is 10.6 Å². The molecule has 3 heterocycles. The van der Waals surface area contributed by atoms with E-state index in [-0.39, 0.29) is 11.8 Å². The number of hydrogen-bond donors (Lipinski definition) is 3. The number of rotatable bonds is 10. The van der Waals surface area contributed by atoms with E-state index in [4.69, 9.17) is 9.72 Å². The fraction of sp³-hybridized carbons (Fsp3) is 0.304. The van der Waals surface area contributed by atoms with E-state index in [0.29, 0.717) is 18.4 Å². The van der Waals surface area contributed by atoms with Gasteiger partial charge in [-0.2, -0.15) is 5.10 Å². The van der Waals surface area contributed by atoms with Gasteiger partial charge in [-0.05, 0) is 49.9 Å². The Balaban J connectivity index is 1.30. The number of fused-ring (bicyclic) bond motifs is 1. The molecule has 1 saturated carbocycles. The molecule has 9 nitrogen and oxygen atoms in total. The van der Waals surface area contributed by atoms with Crippen LogP contribution in [0.2, 0.25) is 0 Å². The molecule has 0 unspecified atom stereocenters. The summed E-state index contributed by atoms with van der Waals surface area (Å²) in [5.41, 5.74) is 2.64. The van der Waals surface area contributed by atoms with E-state index in [1.54, 1.807) is 13.3 Å². The Hall–Kier alpha value is -3.37. The standard InChI is InChI=1S/C23H25N7O2S/c1-32-12-2-3-17-13-19(29-28-17)26-23-27-21(14-20-24-10-11-30(20)23)33-18-8-6-16(7-9-18)25-22(31)15-4-5-15/h6-11,13-15H,2-5,12H2,1H3,(H,25,31)(H2,26,27,28,29). The highest BCUT2D eigenvalue weighted by molar-refractivity contribution is 7.99. The van der Waals surface area contributed by atoms with Crippen LogP contribution in [0.1, 0.15) is 25.0 Å². The van der Waals surface area contributed by atoms with E-state index in [1.807, 2.05) is 47.0 Å². The quantitative estimate of drug-likeness (QED) is 0.238. The molecule has 10 heteroatoms. The van der Waals surface area contributed by atoms with Crippen LogP contribution in [0.4, 0.5) is 17.5 Å². The number of carbonyl (C=O) groups excluding carboxylic acids is 1. The van der Waals surface area contributed by atoms with Gasteiger partial charge >= 0.3 is 0 Å². The van der Waals surface area contributed by atoms with Crippen LogP contribution in [0.5, 0.6) is 0 Å². The van der Waals surface area contributed by atoms with Gasteiger partial charge in [-0.3, -0.25) is 14.3 Å². The Bertz CT molecular complexity index is 1250. The van der Waals surface area contributed by atoms with E-state index < -0.39 is 0 Å². The van der Waals surface area contributed by atoms with Crippen molar-refractivity contribution in [3.05, 3.63) is 54.5 Å². The van der Waals surface area contributed by atoms with Crippen LogP contribution in [0.3, 0.4) is 0 Å². The van der Waals surface area contributed by atoms with E-state index >= 15 is 0 Å². The molecule has 0 atom stereocenters. The number of nitrogens with zero attached hydrogens (tertiary/aromatic N) is 4. The normalized spacial score (nSPS) is 13.4. The highest BCUT2D eigenvalue weighted by Gasteiger charge is 2.29. The zero-order valence-corrected chi connectivity index (χ0v) is 19.1. The third-order valence-electron chi connectivity index (χ3n) is 5.32. The lowest BCUT2D eigenvalue weighted by Gasteiger charge is -2.09. The number of amides is 1. The van der Waals surface area contributed by atoms with Crippen molar-refractivity contribution in [1.29, 1.82) is 0 Å². The number of aryl methyl sites for hydroxylation is 1. The molecule has 0 radical (unpaired) electrons. The second kappa shape index (κ2) is 9.63. The molecule has 1 aromatic carbocycles. The number of anilines is 3. The number of carbonyl (C=O) groups is 1. The molecule has 1 amide bonds. The zero-order valence-electron chi connectivity index (χ0n) is 18.2. The molecule has 0 spiro atoms. The second-order valence-corrected chi connectivity index (χ2v) is 9.06. The van der Waals surface area contributed by atoms with Gasteiger partial charge in [-0.1, -0.05) is 11.8 Å². The predicted molar refractivity (Wildman–Crippen MR) is 127 cm³/mol. The lowest BCUT2D eigenvalue weighted by molar-refractivity contribution is -0.117. The highest BCUT2D eigenvalue weighted by Crippen LogP contribution is 2.32. The average Bonchev–Trinajstić information content (AvgIpc) is 3.40. The maximum atomic E-state index is 11.9. The molecule has 1 aliphatic rings. The van der Waals surface area contributed by atoms with Crippen molar-refractivity contribution in [2.24, 2.45) is 5.92 Å². The first kappa shape index (κ1) is 21.5. The Morgan fingerprint density at radius 2 is 2.12 bits per heavy atom. The van der Waals surface area contributed by atoms with Crippen LogP contribution in [0, 0.1) is 5.92 Å². The molecule has 0 saturated heterocycles. The topological polar surface area (TPSA) is 109 Å². The number of imidazole rings is 1. The number of hydrogen-bond acceptors (Lipinski definition) is 7. The van der Waals surface area contributed by atoms with Gasteiger partial charge in [-0.25, -0.2) is 9.97 Å². The number of H-pyrrole nitrogens is 1. The van der Waals surface area contributed by atoms with Crippen molar-refractivity contribution >= 4 is 40.8 Å². The molecular weight excluding hydrogens is 438 g/mol. The van der Waals surface area contributed by atoms with Gasteiger partial charge in [0.15, 0.2) is 5.82 Å². The number of ether oxygens (including phenoxy) is 1. The van der Waals surface area contributed by atoms with E-state index in [1.165, 1.54) is 11.8 Å². The molecule has 5 rings (SSSR count). The van der Waals surface area contributed by atoms with E-state index in [2.05, 4.69) is 25.8 Å². The molecule has 3 N–H and O–H groups in total. The Morgan fingerprint density at radius 3 is 2.91 bits per heavy atom. The molecule has 4 aromatic rings. The summed E-state index contributed by atoms with van der Waals surface area (Å²) in [5, 5.41) is 14.5. The summed E-state index contributed by atoms with van der Waals surface area (Å²) in [4.78, 5) is 22.2. The number of methoxy groups -OCH3 is 1. The molecule has 1 fully saturated rings. The number of benzene rings is 1. The van der Waals surface area contributed by atoms with Gasteiger partial charge in [0.2, 0.25) is 11.9 Å². The summed E-state index contributed by atoms with van der Waals surface area (Å²) in [6.45, 7) is 0.714. The first-order valence-electron chi connectivity index (χ1n) is 10.9. The maximum Gasteiger partial charge on any atom is 0.227 e. The second-order valence-electron chi connectivity index (χ2n) is 7.96. The molecule has 0 bridgehead atoms. The lowest BCUT2D eigenvalue weighted by Crippen LogP contribution is -2.12. The molecular formula is C23H25N7O2S. The summed E-state index contributed by atoms with van der Waals surface area (Å²) in [6, 6.07) is 11.7. The van der Waals surface area contributed by atoms with Crippen LogP contribution in [-0.2, 0) is 16.0 Å². The van der Waals surface area contributed by atoms with Crippen LogP contribution in [0.25, 0.3) is 5.65 Å². The molecule has 1 aliphatic carbocycles. The van der Waals surface area contributed by atoms with Gasteiger partial charge in [0.05, 0.1) is 0 Å². The largest absolute Gasteiger partial charge is 0.385 e. The van der Waals surface area contributed by atoms with E-state index in [9.17, 15) is 4.79 Å². The summed E-state index contributed by atoms with van der Waals surface area (Å²) < 4.78 is 7.00. The monoisotopic (exact) mass is 463 g/mol. The molecule has 170 valence electrons. The smallest absolute Gasteiger partial charge is 0.227 e. The van der Waals surface area contributed by atoms with Crippen LogP contribution >= 0.6 is 11.8 Å². The minimum atomic E-state index is 0.109. The first-order chi connectivity index (χ1) is 16.2. The molecule has 33 heavy (non-hydrogen) atoms. The van der Waals surface area contributed by atoms with Crippen molar-refractivity contribution in [3.8, 4) is 0 Å². The minimum absolute atomic E-state index is 0.109. The number of aromatic nitrogens is 5. The maximum absolute atomic E-state index is 11.9. The average molecular weight is 464 g/mol. The van der Waals surface area contributed by atoms with Gasteiger partial charge in [0, 0.05) is 60.4 Å². The summed E-state index contributed by atoms with van der Waals surface area (Å²) >= 11 is 1.54. The fourth-order valence-electron chi connectivity index (χ4n) is 3.43. The van der Waals surface area contributed by atoms with E-state index in [0.717, 1.165) is 52.6 Å². The Morgan fingerprint density at radius 1 is 1.27 bits per heavy atom. The third-order valence-corrected chi connectivity index (χ3v) is 6.25. The van der Waals surface area contributed by atoms with Crippen LogP contribution in [0.15, 0.2) is 58.7 Å². The van der Waals surface area contributed by atoms with Crippen molar-refractivity contribution < 1.29 is 9.53 Å². The first-order valence-corrected chi connectivity index (χ1v) is 11.7. The third kappa shape index (κ3) is 5.35. The van der Waals surface area contributed by atoms with Crippen LogP contribution in [-0.4, -0.2) is 44.2 Å². The van der Waals surface area contributed by atoms with Crippen molar-refractivity contribution in [2.75, 3.05) is 24.4 Å². The SMILES string of the molecule is COCCCc1cc(Nc2nc(Sc3ccc(NC(=O)C4CC4)cc3)cc3nccn23)n[nH]1. The van der Waals surface area contributed by atoms with Gasteiger partial charge < -0.3 is 15.4 Å². The van der Waals surface area contributed by atoms with Crippen molar-refractivity contribution in [3.63, 3.8) is 0 Å². The predicted octanol–water partition coefficient (Wildman–Crippen LogP) is 4.27. The number of aromatic amines is 1. The van der Waals surface area contributed by atoms with Crippen molar-refractivity contribution in [2.45, 2.75) is 35.6 Å². The fourth-order valence-corrected chi connectivity index (χ4v) is 4.24. The van der Waals surface area contributed by atoms with Crippen molar-refractivity contribution in [1.82, 2.24) is 24.6 Å². The Kier molecular flexibility index (Phi) is 6.27. The van der Waals surface area contributed by atoms with Gasteiger partial charge in [0.1, 0.15) is 10.7 Å². The lowest BCUT2D eigenvalue weighted by atomic mass is 10.2. The zero-order chi connectivity index (χ0) is 22.6. The minimum Gasteiger partial charge on any atom is -0.385 e. The molecule has 0 aliphatic heterocycles. The Labute approximate surface area is 195 Å². The summed E-state index contributed by atoms with van der Waals surface area (Å²) in [7, 11) is 1.70. The number of nitrogens with one attached hydrogen (secondary N) is 3. The van der Waals surface area contributed by atoms with Gasteiger partial charge in [0.25, 0.3) is 0 Å².